The minimum Gasteiger partial charge on any atom is -0.456 e. The highest BCUT2D eigenvalue weighted by Crippen LogP contribution is 2.34. The van der Waals surface area contributed by atoms with Gasteiger partial charge in [-0.15, -0.1) is 0 Å². The van der Waals surface area contributed by atoms with Crippen LogP contribution in [0.3, 0.4) is 0 Å². The third-order valence-electron chi connectivity index (χ3n) is 5.43. The van der Waals surface area contributed by atoms with Gasteiger partial charge in [-0.3, -0.25) is 4.79 Å². The molecule has 12 heteroatoms. The molecule has 1 amide bonds. The number of hydrogen-bond acceptors (Lipinski definition) is 7. The average molecular weight is 548 g/mol. The normalized spacial score (nSPS) is 12.3. The molecule has 0 radical (unpaired) electrons. The SMILES string of the molecule is CC(C(=O)NCCn1ccc2ncnc(Nc3ccc(Oc4cccc(Cl)c4)c(Cl)c3)c21)S(C)(=O)=O. The minimum atomic E-state index is -3.46. The van der Waals surface area contributed by atoms with Crippen molar-refractivity contribution < 1.29 is 17.9 Å². The summed E-state index contributed by atoms with van der Waals surface area (Å²) in [6, 6.07) is 14.1. The Bertz CT molecular complexity index is 1520. The number of ether oxygens (including phenoxy) is 1. The van der Waals surface area contributed by atoms with Crippen LogP contribution in [-0.4, -0.2) is 46.9 Å². The highest BCUT2D eigenvalue weighted by Gasteiger charge is 2.23. The van der Waals surface area contributed by atoms with Crippen LogP contribution in [0.4, 0.5) is 11.5 Å². The second-order valence-corrected chi connectivity index (χ2v) is 11.3. The van der Waals surface area contributed by atoms with E-state index in [1.807, 2.05) is 16.8 Å². The lowest BCUT2D eigenvalue weighted by Crippen LogP contribution is -2.38. The summed E-state index contributed by atoms with van der Waals surface area (Å²) in [6.45, 7) is 1.99. The van der Waals surface area contributed by atoms with Gasteiger partial charge in [0.15, 0.2) is 15.7 Å². The van der Waals surface area contributed by atoms with E-state index in [0.29, 0.717) is 45.1 Å². The number of sulfone groups is 1. The Balaban J connectivity index is 1.49. The fourth-order valence-corrected chi connectivity index (χ4v) is 4.28. The molecule has 1 unspecified atom stereocenters. The van der Waals surface area contributed by atoms with E-state index < -0.39 is 21.0 Å². The first-order chi connectivity index (χ1) is 17.1. The molecule has 1 atom stereocenters. The van der Waals surface area contributed by atoms with E-state index in [1.165, 1.54) is 13.3 Å². The van der Waals surface area contributed by atoms with Gasteiger partial charge in [0.1, 0.15) is 28.6 Å². The van der Waals surface area contributed by atoms with Crippen molar-refractivity contribution in [2.75, 3.05) is 18.1 Å². The molecule has 0 aliphatic carbocycles. The van der Waals surface area contributed by atoms with Crippen LogP contribution in [0.25, 0.3) is 11.0 Å². The zero-order chi connectivity index (χ0) is 25.9. The maximum absolute atomic E-state index is 12.1. The van der Waals surface area contributed by atoms with Gasteiger partial charge in [0.25, 0.3) is 0 Å². The quantitative estimate of drug-likeness (QED) is 0.308. The first kappa shape index (κ1) is 25.7. The summed E-state index contributed by atoms with van der Waals surface area (Å²) in [7, 11) is -3.46. The van der Waals surface area contributed by atoms with Crippen molar-refractivity contribution in [2.24, 2.45) is 0 Å². The zero-order valence-electron chi connectivity index (χ0n) is 19.4. The standard InChI is InChI=1S/C24H23Cl2N5O4S/c1-15(36(2,33)34)24(32)27-9-11-31-10-8-20-22(31)23(29-14-28-20)30-17-6-7-21(19(26)13-17)35-18-5-3-4-16(25)12-18/h3-8,10,12-15H,9,11H2,1-2H3,(H,27,32)(H,28,29,30). The molecule has 2 aromatic carbocycles. The monoisotopic (exact) mass is 547 g/mol. The molecule has 2 N–H and O–H groups in total. The van der Waals surface area contributed by atoms with E-state index in [4.69, 9.17) is 27.9 Å². The predicted octanol–water partition coefficient (Wildman–Crippen LogP) is 4.82. The summed E-state index contributed by atoms with van der Waals surface area (Å²) >= 11 is 12.5. The number of anilines is 2. The highest BCUT2D eigenvalue weighted by molar-refractivity contribution is 7.92. The molecular weight excluding hydrogens is 525 g/mol. The van der Waals surface area contributed by atoms with Crippen molar-refractivity contribution in [3.8, 4) is 11.5 Å². The first-order valence-corrected chi connectivity index (χ1v) is 13.6. The molecule has 0 fully saturated rings. The van der Waals surface area contributed by atoms with E-state index in [2.05, 4.69) is 20.6 Å². The molecule has 2 heterocycles. The maximum Gasteiger partial charge on any atom is 0.238 e. The van der Waals surface area contributed by atoms with Crippen LogP contribution in [0.5, 0.6) is 11.5 Å². The Morgan fingerprint density at radius 2 is 1.94 bits per heavy atom. The van der Waals surface area contributed by atoms with Crippen LogP contribution >= 0.6 is 23.2 Å². The lowest BCUT2D eigenvalue weighted by Gasteiger charge is -2.14. The predicted molar refractivity (Wildman–Crippen MR) is 141 cm³/mol. The lowest BCUT2D eigenvalue weighted by atomic mass is 10.3. The number of carbonyl (C=O) groups is 1. The van der Waals surface area contributed by atoms with Crippen molar-refractivity contribution in [1.29, 1.82) is 0 Å². The van der Waals surface area contributed by atoms with Crippen molar-refractivity contribution in [3.63, 3.8) is 0 Å². The molecule has 0 bridgehead atoms. The molecule has 0 saturated carbocycles. The number of hydrogen-bond donors (Lipinski definition) is 2. The number of carbonyl (C=O) groups excluding carboxylic acids is 1. The maximum atomic E-state index is 12.1. The number of fused-ring (bicyclic) bond motifs is 1. The van der Waals surface area contributed by atoms with Crippen LogP contribution in [0.1, 0.15) is 6.92 Å². The molecule has 4 aromatic rings. The minimum absolute atomic E-state index is 0.234. The van der Waals surface area contributed by atoms with Gasteiger partial charge >= 0.3 is 0 Å². The van der Waals surface area contributed by atoms with E-state index in [9.17, 15) is 13.2 Å². The molecule has 0 spiro atoms. The highest BCUT2D eigenvalue weighted by atomic mass is 35.5. The van der Waals surface area contributed by atoms with Crippen LogP contribution in [0.2, 0.25) is 10.0 Å². The Kier molecular flexibility index (Phi) is 7.67. The number of halogens is 2. The molecule has 4 rings (SSSR count). The Labute approximate surface area is 218 Å². The van der Waals surface area contributed by atoms with Gasteiger partial charge in [-0.2, -0.15) is 0 Å². The number of benzene rings is 2. The number of nitrogens with zero attached hydrogens (tertiary/aromatic N) is 3. The largest absolute Gasteiger partial charge is 0.456 e. The smallest absolute Gasteiger partial charge is 0.238 e. The summed E-state index contributed by atoms with van der Waals surface area (Å²) in [5.74, 6) is 1.04. The van der Waals surface area contributed by atoms with Gasteiger partial charge in [0, 0.05) is 36.3 Å². The van der Waals surface area contributed by atoms with E-state index in [-0.39, 0.29) is 6.54 Å². The van der Waals surface area contributed by atoms with Crippen LogP contribution < -0.4 is 15.4 Å². The van der Waals surface area contributed by atoms with Crippen molar-refractivity contribution in [2.45, 2.75) is 18.7 Å². The van der Waals surface area contributed by atoms with Gasteiger partial charge in [0.2, 0.25) is 5.91 Å². The fourth-order valence-electron chi connectivity index (χ4n) is 3.40. The fraction of sp³-hybridized carbons (Fsp3) is 0.208. The van der Waals surface area contributed by atoms with Gasteiger partial charge < -0.3 is 19.9 Å². The first-order valence-electron chi connectivity index (χ1n) is 10.9. The summed E-state index contributed by atoms with van der Waals surface area (Å²) in [5, 5.41) is 5.74. The zero-order valence-corrected chi connectivity index (χ0v) is 21.7. The average Bonchev–Trinajstić information content (AvgIpc) is 3.24. The Morgan fingerprint density at radius 1 is 1.14 bits per heavy atom. The molecule has 188 valence electrons. The second-order valence-electron chi connectivity index (χ2n) is 8.06. The summed E-state index contributed by atoms with van der Waals surface area (Å²) < 4.78 is 30.9. The number of aromatic nitrogens is 3. The number of rotatable bonds is 9. The van der Waals surface area contributed by atoms with Crippen LogP contribution in [0.15, 0.2) is 61.1 Å². The summed E-state index contributed by atoms with van der Waals surface area (Å²) in [6.07, 6.45) is 4.31. The van der Waals surface area contributed by atoms with Gasteiger partial charge in [-0.25, -0.2) is 18.4 Å². The van der Waals surface area contributed by atoms with Crippen molar-refractivity contribution in [1.82, 2.24) is 19.9 Å². The van der Waals surface area contributed by atoms with Crippen molar-refractivity contribution in [3.05, 3.63) is 71.1 Å². The number of nitrogens with one attached hydrogen (secondary N) is 2. The molecule has 2 aromatic heterocycles. The van der Waals surface area contributed by atoms with Crippen molar-refractivity contribution >= 4 is 61.5 Å². The van der Waals surface area contributed by atoms with Crippen LogP contribution in [0, 0.1) is 0 Å². The molecule has 0 saturated heterocycles. The molecular formula is C24H23Cl2N5O4S. The molecule has 9 nitrogen and oxygen atoms in total. The third-order valence-corrected chi connectivity index (χ3v) is 7.46. The lowest BCUT2D eigenvalue weighted by molar-refractivity contribution is -0.120. The summed E-state index contributed by atoms with van der Waals surface area (Å²) in [5.41, 5.74) is 2.11. The number of amides is 1. The Hall–Kier alpha value is -3.34. The molecule has 0 aliphatic rings. The van der Waals surface area contributed by atoms with E-state index in [0.717, 1.165) is 11.8 Å². The van der Waals surface area contributed by atoms with Crippen LogP contribution in [-0.2, 0) is 21.2 Å². The molecule has 36 heavy (non-hydrogen) atoms. The van der Waals surface area contributed by atoms with E-state index in [1.54, 1.807) is 42.5 Å². The topological polar surface area (TPSA) is 115 Å². The van der Waals surface area contributed by atoms with Gasteiger partial charge in [-0.1, -0.05) is 29.3 Å². The molecule has 0 aliphatic heterocycles. The Morgan fingerprint density at radius 3 is 2.67 bits per heavy atom. The third kappa shape index (κ3) is 6.07. The second kappa shape index (κ2) is 10.7. The summed E-state index contributed by atoms with van der Waals surface area (Å²) in [4.78, 5) is 20.8. The van der Waals surface area contributed by atoms with Gasteiger partial charge in [0.05, 0.1) is 10.5 Å². The van der Waals surface area contributed by atoms with Gasteiger partial charge in [-0.05, 0) is 49.4 Å². The van der Waals surface area contributed by atoms with E-state index >= 15 is 0 Å².